The molecule has 0 bridgehead atoms. The van der Waals surface area contributed by atoms with Gasteiger partial charge < -0.3 is 9.47 Å². The molecule has 0 heterocycles. The summed E-state index contributed by atoms with van der Waals surface area (Å²) in [7, 11) is 0. The molecule has 0 aromatic heterocycles. The van der Waals surface area contributed by atoms with Crippen LogP contribution in [0.2, 0.25) is 0 Å². The van der Waals surface area contributed by atoms with Crippen LogP contribution in [0.4, 0.5) is 0 Å². The second kappa shape index (κ2) is 11.5. The summed E-state index contributed by atoms with van der Waals surface area (Å²) in [5.74, 6) is -0.229. The predicted octanol–water partition coefficient (Wildman–Crippen LogP) is 5.33. The molecule has 0 spiro atoms. The van der Waals surface area contributed by atoms with Crippen molar-refractivity contribution in [1.29, 1.82) is 0 Å². The fraction of sp³-hybridized carbons (Fsp3) is 0.882. The molecule has 0 fully saturated rings. The van der Waals surface area contributed by atoms with Gasteiger partial charge >= 0.3 is 0 Å². The summed E-state index contributed by atoms with van der Waals surface area (Å²) in [4.78, 5) is 0. The molecule has 114 valence electrons. The monoisotopic (exact) mass is 270 g/mol. The normalized spacial score (nSPS) is 13.5. The summed E-state index contributed by atoms with van der Waals surface area (Å²) in [5.41, 5.74) is 0. The zero-order valence-corrected chi connectivity index (χ0v) is 13.5. The Morgan fingerprint density at radius 1 is 0.947 bits per heavy atom. The topological polar surface area (TPSA) is 18.5 Å². The standard InChI is InChI=1S/C17H34O2/c1-6-10-11-12-13-14-15-16(7-2)17(5,18-8-3)19-9-4/h7,16H,2,6,8-15H2,1,3-5H3. The number of ether oxygens (including phenoxy) is 2. The van der Waals surface area contributed by atoms with Crippen LogP contribution >= 0.6 is 0 Å². The van der Waals surface area contributed by atoms with E-state index >= 15 is 0 Å². The molecular weight excluding hydrogens is 236 g/mol. The van der Waals surface area contributed by atoms with E-state index in [1.807, 2.05) is 26.8 Å². The van der Waals surface area contributed by atoms with Crippen molar-refractivity contribution in [3.05, 3.63) is 12.7 Å². The Bertz CT molecular complexity index is 207. The molecule has 0 aromatic carbocycles. The lowest BCUT2D eigenvalue weighted by Gasteiger charge is -2.35. The second-order valence-corrected chi connectivity index (χ2v) is 5.28. The number of hydrogen-bond donors (Lipinski definition) is 0. The third-order valence-electron chi connectivity index (χ3n) is 3.69. The van der Waals surface area contributed by atoms with Crippen LogP contribution < -0.4 is 0 Å². The maximum absolute atomic E-state index is 5.83. The molecule has 1 atom stereocenters. The third kappa shape index (κ3) is 7.74. The molecule has 0 rings (SSSR count). The van der Waals surface area contributed by atoms with E-state index in [-0.39, 0.29) is 5.92 Å². The average Bonchev–Trinajstić information content (AvgIpc) is 2.38. The average molecular weight is 270 g/mol. The Kier molecular flexibility index (Phi) is 11.3. The van der Waals surface area contributed by atoms with Gasteiger partial charge in [-0.05, 0) is 27.2 Å². The van der Waals surface area contributed by atoms with Crippen LogP contribution in [-0.4, -0.2) is 19.0 Å². The van der Waals surface area contributed by atoms with Crippen LogP contribution in [0.15, 0.2) is 12.7 Å². The van der Waals surface area contributed by atoms with Crippen molar-refractivity contribution in [2.24, 2.45) is 5.92 Å². The van der Waals surface area contributed by atoms with E-state index in [9.17, 15) is 0 Å². The van der Waals surface area contributed by atoms with E-state index in [1.54, 1.807) is 0 Å². The summed E-state index contributed by atoms with van der Waals surface area (Å²) in [6.45, 7) is 13.6. The lowest BCUT2D eigenvalue weighted by molar-refractivity contribution is -0.244. The third-order valence-corrected chi connectivity index (χ3v) is 3.69. The Hall–Kier alpha value is -0.340. The molecule has 0 N–H and O–H groups in total. The molecule has 2 nitrogen and oxygen atoms in total. The van der Waals surface area contributed by atoms with Crippen molar-refractivity contribution >= 4 is 0 Å². The van der Waals surface area contributed by atoms with Gasteiger partial charge in [0, 0.05) is 19.1 Å². The van der Waals surface area contributed by atoms with E-state index in [0.717, 1.165) is 6.42 Å². The van der Waals surface area contributed by atoms with Gasteiger partial charge in [0.25, 0.3) is 0 Å². The summed E-state index contributed by atoms with van der Waals surface area (Å²) in [5, 5.41) is 0. The van der Waals surface area contributed by atoms with Crippen LogP contribution in [0.3, 0.4) is 0 Å². The van der Waals surface area contributed by atoms with Crippen molar-refractivity contribution in [3.8, 4) is 0 Å². The molecule has 0 aromatic rings. The first-order chi connectivity index (χ1) is 9.14. The van der Waals surface area contributed by atoms with E-state index < -0.39 is 5.79 Å². The Morgan fingerprint density at radius 3 is 1.95 bits per heavy atom. The van der Waals surface area contributed by atoms with Crippen molar-refractivity contribution in [3.63, 3.8) is 0 Å². The molecular formula is C17H34O2. The summed E-state index contributed by atoms with van der Waals surface area (Å²) in [6.07, 6.45) is 11.0. The largest absolute Gasteiger partial charge is 0.350 e. The van der Waals surface area contributed by atoms with E-state index in [0.29, 0.717) is 13.2 Å². The van der Waals surface area contributed by atoms with Crippen LogP contribution in [0, 0.1) is 5.92 Å². The first-order valence-electron chi connectivity index (χ1n) is 8.05. The van der Waals surface area contributed by atoms with Crippen molar-refractivity contribution in [1.82, 2.24) is 0 Å². The van der Waals surface area contributed by atoms with Gasteiger partial charge in [-0.1, -0.05) is 51.5 Å². The van der Waals surface area contributed by atoms with E-state index in [1.165, 1.54) is 38.5 Å². The molecule has 0 aliphatic heterocycles. The van der Waals surface area contributed by atoms with Crippen LogP contribution in [0.5, 0.6) is 0 Å². The van der Waals surface area contributed by atoms with Gasteiger partial charge in [0.05, 0.1) is 0 Å². The molecule has 0 aliphatic rings. The highest BCUT2D eigenvalue weighted by atomic mass is 16.7. The zero-order chi connectivity index (χ0) is 14.6. The SMILES string of the molecule is C=CC(CCCCCCCC)C(C)(OCC)OCC. The molecule has 0 radical (unpaired) electrons. The highest BCUT2D eigenvalue weighted by Crippen LogP contribution is 2.29. The molecule has 19 heavy (non-hydrogen) atoms. The molecule has 0 saturated heterocycles. The van der Waals surface area contributed by atoms with Gasteiger partial charge in [0.1, 0.15) is 0 Å². The van der Waals surface area contributed by atoms with Crippen molar-refractivity contribution in [2.75, 3.05) is 13.2 Å². The molecule has 0 saturated carbocycles. The van der Waals surface area contributed by atoms with Gasteiger partial charge in [0.15, 0.2) is 5.79 Å². The van der Waals surface area contributed by atoms with Crippen LogP contribution in [-0.2, 0) is 9.47 Å². The zero-order valence-electron chi connectivity index (χ0n) is 13.5. The van der Waals surface area contributed by atoms with Crippen LogP contribution in [0.25, 0.3) is 0 Å². The highest BCUT2D eigenvalue weighted by molar-refractivity contribution is 4.89. The van der Waals surface area contributed by atoms with Crippen LogP contribution in [0.1, 0.15) is 72.6 Å². The smallest absolute Gasteiger partial charge is 0.171 e. The minimum atomic E-state index is -0.505. The first-order valence-corrected chi connectivity index (χ1v) is 8.05. The van der Waals surface area contributed by atoms with Gasteiger partial charge in [-0.3, -0.25) is 0 Å². The summed E-state index contributed by atoms with van der Waals surface area (Å²) in [6, 6.07) is 0. The Balaban J connectivity index is 4.10. The highest BCUT2D eigenvalue weighted by Gasteiger charge is 2.33. The fourth-order valence-corrected chi connectivity index (χ4v) is 2.57. The maximum atomic E-state index is 5.83. The maximum Gasteiger partial charge on any atom is 0.171 e. The lowest BCUT2D eigenvalue weighted by atomic mass is 9.92. The molecule has 2 heteroatoms. The number of rotatable bonds is 13. The van der Waals surface area contributed by atoms with E-state index in [2.05, 4.69) is 13.5 Å². The van der Waals surface area contributed by atoms with Crippen molar-refractivity contribution in [2.45, 2.75) is 78.4 Å². The second-order valence-electron chi connectivity index (χ2n) is 5.28. The summed E-state index contributed by atoms with van der Waals surface area (Å²) >= 11 is 0. The lowest BCUT2D eigenvalue weighted by Crippen LogP contribution is -2.40. The number of hydrogen-bond acceptors (Lipinski definition) is 2. The van der Waals surface area contributed by atoms with Gasteiger partial charge in [0.2, 0.25) is 0 Å². The quantitative estimate of drug-likeness (QED) is 0.256. The first kappa shape index (κ1) is 18.7. The summed E-state index contributed by atoms with van der Waals surface area (Å²) < 4.78 is 11.7. The van der Waals surface area contributed by atoms with Gasteiger partial charge in [-0.2, -0.15) is 0 Å². The molecule has 0 aliphatic carbocycles. The predicted molar refractivity (Wildman–Crippen MR) is 83.3 cm³/mol. The fourth-order valence-electron chi connectivity index (χ4n) is 2.57. The van der Waals surface area contributed by atoms with E-state index in [4.69, 9.17) is 9.47 Å². The Labute approximate surface area is 120 Å². The van der Waals surface area contributed by atoms with Gasteiger partial charge in [-0.25, -0.2) is 0 Å². The van der Waals surface area contributed by atoms with Gasteiger partial charge in [-0.15, -0.1) is 6.58 Å². The minimum absolute atomic E-state index is 0.276. The van der Waals surface area contributed by atoms with Crippen molar-refractivity contribution < 1.29 is 9.47 Å². The number of unbranched alkanes of at least 4 members (excludes halogenated alkanes) is 5. The Morgan fingerprint density at radius 2 is 1.47 bits per heavy atom. The molecule has 1 unspecified atom stereocenters. The molecule has 0 amide bonds. The minimum Gasteiger partial charge on any atom is -0.350 e.